The maximum Gasteiger partial charge on any atom is 0.220 e. The van der Waals surface area contributed by atoms with Gasteiger partial charge in [-0.3, -0.25) is 4.79 Å². The minimum absolute atomic E-state index is 0.0511. The van der Waals surface area contributed by atoms with Gasteiger partial charge in [0.1, 0.15) is 12.6 Å². The highest BCUT2D eigenvalue weighted by atomic mass is 16.3. The maximum absolute atomic E-state index is 10.4. The van der Waals surface area contributed by atoms with Crippen molar-refractivity contribution in [2.24, 2.45) is 5.73 Å². The molecule has 0 saturated carbocycles. The summed E-state index contributed by atoms with van der Waals surface area (Å²) in [5, 5.41) is 9.24. The predicted molar refractivity (Wildman–Crippen MR) is 42.7 cm³/mol. The highest BCUT2D eigenvalue weighted by molar-refractivity contribution is 5.74. The first-order valence-corrected chi connectivity index (χ1v) is 3.58. The van der Waals surface area contributed by atoms with Crippen LogP contribution in [0.15, 0.2) is 0 Å². The topological polar surface area (TPSA) is 63.3 Å². The van der Waals surface area contributed by atoms with Gasteiger partial charge in [-0.05, 0) is 0 Å². The SMILES string of the molecule is C[N+](C)(C)C[C@@H](O)CC(N)=O. The lowest BCUT2D eigenvalue weighted by atomic mass is 10.2. The zero-order chi connectivity index (χ0) is 9.07. The van der Waals surface area contributed by atoms with Crippen LogP contribution in [0.25, 0.3) is 0 Å². The third-order valence-electron chi connectivity index (χ3n) is 1.20. The number of rotatable bonds is 4. The second kappa shape index (κ2) is 3.69. The lowest BCUT2D eigenvalue weighted by Gasteiger charge is -2.26. The molecule has 0 rings (SSSR count). The Morgan fingerprint density at radius 1 is 1.55 bits per heavy atom. The van der Waals surface area contributed by atoms with Crippen molar-refractivity contribution in [1.29, 1.82) is 0 Å². The van der Waals surface area contributed by atoms with E-state index in [1.807, 2.05) is 21.1 Å². The number of amides is 1. The van der Waals surface area contributed by atoms with Gasteiger partial charge in [0.15, 0.2) is 0 Å². The molecule has 0 saturated heterocycles. The standard InChI is InChI=1S/C7H16N2O2/c1-9(2,3)5-6(10)4-7(8)11/h6,10H,4-5H2,1-3H3,(H-,8,11)/p+1/t6-/m0/s1. The van der Waals surface area contributed by atoms with Crippen molar-refractivity contribution >= 4 is 5.91 Å². The molecule has 3 N–H and O–H groups in total. The van der Waals surface area contributed by atoms with Gasteiger partial charge in [-0.2, -0.15) is 0 Å². The molecule has 0 aromatic heterocycles. The van der Waals surface area contributed by atoms with Crippen molar-refractivity contribution in [3.05, 3.63) is 0 Å². The van der Waals surface area contributed by atoms with E-state index in [-0.39, 0.29) is 6.42 Å². The fraction of sp³-hybridized carbons (Fsp3) is 0.857. The monoisotopic (exact) mass is 161 g/mol. The van der Waals surface area contributed by atoms with Crippen LogP contribution in [0.2, 0.25) is 0 Å². The number of hydrogen-bond acceptors (Lipinski definition) is 2. The van der Waals surface area contributed by atoms with Gasteiger partial charge in [0.2, 0.25) is 5.91 Å². The summed E-state index contributed by atoms with van der Waals surface area (Å²) in [6.45, 7) is 0.545. The number of quaternary nitrogens is 1. The van der Waals surface area contributed by atoms with E-state index in [0.717, 1.165) is 0 Å². The number of carbonyl (C=O) groups excluding carboxylic acids is 1. The van der Waals surface area contributed by atoms with Crippen LogP contribution in [0.4, 0.5) is 0 Å². The van der Waals surface area contributed by atoms with Gasteiger partial charge in [-0.25, -0.2) is 0 Å². The van der Waals surface area contributed by atoms with E-state index in [4.69, 9.17) is 5.73 Å². The molecule has 0 radical (unpaired) electrons. The largest absolute Gasteiger partial charge is 0.387 e. The molecule has 0 aromatic rings. The third-order valence-corrected chi connectivity index (χ3v) is 1.20. The van der Waals surface area contributed by atoms with E-state index >= 15 is 0 Å². The van der Waals surface area contributed by atoms with Gasteiger partial charge >= 0.3 is 0 Å². The summed E-state index contributed by atoms with van der Waals surface area (Å²) in [7, 11) is 5.85. The minimum Gasteiger partial charge on any atom is -0.387 e. The number of likely N-dealkylation sites (N-methyl/N-ethyl adjacent to an activating group) is 1. The molecule has 0 aliphatic heterocycles. The molecule has 11 heavy (non-hydrogen) atoms. The summed E-state index contributed by atoms with van der Waals surface area (Å²) >= 11 is 0. The molecule has 0 bridgehead atoms. The van der Waals surface area contributed by atoms with E-state index < -0.39 is 12.0 Å². The molecular formula is C7H17N2O2+. The van der Waals surface area contributed by atoms with Crippen molar-refractivity contribution in [3.8, 4) is 0 Å². The second-order valence-corrected chi connectivity index (χ2v) is 3.80. The maximum atomic E-state index is 10.4. The average molecular weight is 161 g/mol. The van der Waals surface area contributed by atoms with Crippen LogP contribution in [0.1, 0.15) is 6.42 Å². The Balaban J connectivity index is 3.69. The molecule has 0 aliphatic carbocycles. The van der Waals surface area contributed by atoms with Crippen molar-refractivity contribution in [3.63, 3.8) is 0 Å². The zero-order valence-electron chi connectivity index (χ0n) is 7.37. The lowest BCUT2D eigenvalue weighted by molar-refractivity contribution is -0.873. The Morgan fingerprint density at radius 3 is 2.27 bits per heavy atom. The molecule has 66 valence electrons. The molecular weight excluding hydrogens is 144 g/mol. The number of aliphatic hydroxyl groups is 1. The molecule has 1 amide bonds. The highest BCUT2D eigenvalue weighted by Gasteiger charge is 2.16. The van der Waals surface area contributed by atoms with Crippen LogP contribution < -0.4 is 5.73 Å². The Hall–Kier alpha value is -0.610. The Bertz CT molecular complexity index is 140. The molecule has 0 fully saturated rings. The average Bonchev–Trinajstić information content (AvgIpc) is 1.53. The van der Waals surface area contributed by atoms with Crippen LogP contribution in [0.3, 0.4) is 0 Å². The molecule has 4 heteroatoms. The van der Waals surface area contributed by atoms with E-state index in [2.05, 4.69) is 0 Å². The van der Waals surface area contributed by atoms with Gasteiger partial charge in [-0.1, -0.05) is 0 Å². The predicted octanol–water partition coefficient (Wildman–Crippen LogP) is -1.07. The number of primary amides is 1. The lowest BCUT2D eigenvalue weighted by Crippen LogP contribution is -2.42. The Kier molecular flexibility index (Phi) is 3.48. The normalized spacial score (nSPS) is 14.5. The first kappa shape index (κ1) is 10.4. The smallest absolute Gasteiger partial charge is 0.220 e. The quantitative estimate of drug-likeness (QED) is 0.516. The van der Waals surface area contributed by atoms with Gasteiger partial charge in [0.25, 0.3) is 0 Å². The van der Waals surface area contributed by atoms with Gasteiger partial charge in [0.05, 0.1) is 27.6 Å². The number of carbonyl (C=O) groups is 1. The van der Waals surface area contributed by atoms with Crippen molar-refractivity contribution in [2.45, 2.75) is 12.5 Å². The summed E-state index contributed by atoms with van der Waals surface area (Å²) in [4.78, 5) is 10.4. The van der Waals surface area contributed by atoms with Crippen LogP contribution in [0.5, 0.6) is 0 Å². The number of nitrogens with two attached hydrogens (primary N) is 1. The first-order chi connectivity index (χ1) is 4.81. The number of hydrogen-bond donors (Lipinski definition) is 2. The van der Waals surface area contributed by atoms with Gasteiger partial charge in [-0.15, -0.1) is 0 Å². The first-order valence-electron chi connectivity index (χ1n) is 3.58. The minimum atomic E-state index is -0.618. The molecule has 0 spiro atoms. The third kappa shape index (κ3) is 7.29. The summed E-state index contributed by atoms with van der Waals surface area (Å²) in [6, 6.07) is 0. The van der Waals surface area contributed by atoms with Crippen molar-refractivity contribution in [2.75, 3.05) is 27.7 Å². The summed E-state index contributed by atoms with van der Waals surface area (Å²) < 4.78 is 0.633. The van der Waals surface area contributed by atoms with E-state index in [9.17, 15) is 9.90 Å². The van der Waals surface area contributed by atoms with Crippen LogP contribution in [-0.2, 0) is 4.79 Å². The number of aliphatic hydroxyl groups excluding tert-OH is 1. The summed E-state index contributed by atoms with van der Waals surface area (Å²) in [5.74, 6) is -0.453. The van der Waals surface area contributed by atoms with Gasteiger partial charge < -0.3 is 15.3 Å². The van der Waals surface area contributed by atoms with Crippen molar-refractivity contribution < 1.29 is 14.4 Å². The van der Waals surface area contributed by atoms with Crippen LogP contribution in [0, 0.1) is 0 Å². The molecule has 1 atom stereocenters. The van der Waals surface area contributed by atoms with E-state index in [1.165, 1.54) is 0 Å². The molecule has 0 unspecified atom stereocenters. The van der Waals surface area contributed by atoms with Gasteiger partial charge in [0, 0.05) is 0 Å². The number of nitrogens with zero attached hydrogens (tertiary/aromatic N) is 1. The fourth-order valence-electron chi connectivity index (χ4n) is 0.929. The van der Waals surface area contributed by atoms with Crippen molar-refractivity contribution in [1.82, 2.24) is 0 Å². The Labute approximate surface area is 67.2 Å². The molecule has 0 aliphatic rings. The second-order valence-electron chi connectivity index (χ2n) is 3.80. The zero-order valence-corrected chi connectivity index (χ0v) is 7.37. The van der Waals surface area contributed by atoms with E-state index in [1.54, 1.807) is 0 Å². The van der Waals surface area contributed by atoms with Crippen LogP contribution in [-0.4, -0.2) is 49.3 Å². The van der Waals surface area contributed by atoms with E-state index in [0.29, 0.717) is 11.0 Å². The summed E-state index contributed by atoms with van der Waals surface area (Å²) in [6.07, 6.45) is -0.567. The fourth-order valence-corrected chi connectivity index (χ4v) is 0.929. The highest BCUT2D eigenvalue weighted by Crippen LogP contribution is 1.97. The molecule has 0 heterocycles. The summed E-state index contributed by atoms with van der Waals surface area (Å²) in [5.41, 5.74) is 4.91. The molecule has 0 aromatic carbocycles. The Morgan fingerprint density at radius 2 is 2.00 bits per heavy atom. The van der Waals surface area contributed by atoms with Crippen LogP contribution >= 0.6 is 0 Å². The molecule has 4 nitrogen and oxygen atoms in total.